The molecule has 102 valence electrons. The summed E-state index contributed by atoms with van der Waals surface area (Å²) in [6, 6.07) is 5.90. The summed E-state index contributed by atoms with van der Waals surface area (Å²) < 4.78 is 12.7. The Morgan fingerprint density at radius 2 is 2.05 bits per heavy atom. The molecular formula is C15H13FN2OS. The second-order valence-corrected chi connectivity index (χ2v) is 5.34. The normalized spacial score (nSPS) is 9.75. The number of hydrogen-bond donors (Lipinski definition) is 1. The molecule has 1 aromatic heterocycles. The van der Waals surface area contributed by atoms with Gasteiger partial charge in [0.25, 0.3) is 5.91 Å². The monoisotopic (exact) mass is 288 g/mol. The van der Waals surface area contributed by atoms with Crippen LogP contribution in [0.2, 0.25) is 0 Å². The Labute approximate surface area is 120 Å². The summed E-state index contributed by atoms with van der Waals surface area (Å²) >= 11 is 1.37. The second-order valence-electron chi connectivity index (χ2n) is 4.14. The number of aromatic nitrogens is 1. The number of carbonyl (C=O) groups is 1. The summed E-state index contributed by atoms with van der Waals surface area (Å²) in [5.74, 6) is 5.23. The van der Waals surface area contributed by atoms with Crippen molar-refractivity contribution in [3.63, 3.8) is 0 Å². The molecule has 0 aliphatic carbocycles. The van der Waals surface area contributed by atoms with Gasteiger partial charge in [-0.25, -0.2) is 9.37 Å². The lowest BCUT2D eigenvalue weighted by Gasteiger charge is -1.98. The highest BCUT2D eigenvalue weighted by Gasteiger charge is 2.12. The van der Waals surface area contributed by atoms with Crippen LogP contribution in [0.5, 0.6) is 0 Å². The molecule has 2 aromatic rings. The van der Waals surface area contributed by atoms with Crippen molar-refractivity contribution in [1.29, 1.82) is 0 Å². The van der Waals surface area contributed by atoms with Gasteiger partial charge in [0.1, 0.15) is 10.7 Å². The Kier molecular flexibility index (Phi) is 4.49. The number of amides is 1. The minimum atomic E-state index is -0.292. The molecule has 1 aromatic carbocycles. The number of aryl methyl sites for hydroxylation is 2. The average molecular weight is 288 g/mol. The van der Waals surface area contributed by atoms with Crippen molar-refractivity contribution < 1.29 is 9.18 Å². The van der Waals surface area contributed by atoms with Crippen molar-refractivity contribution in [1.82, 2.24) is 10.3 Å². The van der Waals surface area contributed by atoms with E-state index in [2.05, 4.69) is 22.1 Å². The minimum Gasteiger partial charge on any atom is -0.340 e. The molecule has 0 aliphatic heterocycles. The van der Waals surface area contributed by atoms with Gasteiger partial charge in [-0.05, 0) is 38.1 Å². The Balaban J connectivity index is 1.92. The summed E-state index contributed by atoms with van der Waals surface area (Å²) in [5, 5.41) is 3.58. The molecule has 0 radical (unpaired) electrons. The van der Waals surface area contributed by atoms with Crippen LogP contribution in [-0.4, -0.2) is 17.4 Å². The molecule has 3 nitrogen and oxygen atoms in total. The van der Waals surface area contributed by atoms with Crippen LogP contribution in [0.1, 0.15) is 25.9 Å². The summed E-state index contributed by atoms with van der Waals surface area (Å²) in [5.41, 5.74) is 1.45. The van der Waals surface area contributed by atoms with E-state index in [1.54, 1.807) is 12.1 Å². The largest absolute Gasteiger partial charge is 0.340 e. The molecule has 0 unspecified atom stereocenters. The molecule has 0 saturated carbocycles. The van der Waals surface area contributed by atoms with E-state index in [4.69, 9.17) is 0 Å². The van der Waals surface area contributed by atoms with E-state index in [1.165, 1.54) is 23.5 Å². The summed E-state index contributed by atoms with van der Waals surface area (Å²) in [4.78, 5) is 16.7. The molecule has 0 atom stereocenters. The van der Waals surface area contributed by atoms with E-state index in [0.717, 1.165) is 10.7 Å². The molecular weight excluding hydrogens is 275 g/mol. The van der Waals surface area contributed by atoms with E-state index in [1.807, 2.05) is 13.8 Å². The van der Waals surface area contributed by atoms with Crippen LogP contribution in [0.4, 0.5) is 4.39 Å². The first kappa shape index (κ1) is 14.2. The Bertz CT molecular complexity index is 680. The van der Waals surface area contributed by atoms with Crippen LogP contribution in [0, 0.1) is 31.5 Å². The van der Waals surface area contributed by atoms with Gasteiger partial charge in [-0.15, -0.1) is 11.3 Å². The van der Waals surface area contributed by atoms with Gasteiger partial charge in [-0.1, -0.05) is 11.8 Å². The Hall–Kier alpha value is -2.19. The van der Waals surface area contributed by atoms with Crippen molar-refractivity contribution in [2.45, 2.75) is 13.8 Å². The number of hydrogen-bond acceptors (Lipinski definition) is 3. The number of carbonyl (C=O) groups excluding carboxylic acids is 1. The third-order valence-corrected chi connectivity index (χ3v) is 3.60. The van der Waals surface area contributed by atoms with Gasteiger partial charge < -0.3 is 5.32 Å². The van der Waals surface area contributed by atoms with Crippen molar-refractivity contribution in [2.24, 2.45) is 0 Å². The molecule has 0 spiro atoms. The summed E-state index contributed by atoms with van der Waals surface area (Å²) in [6.45, 7) is 3.91. The fraction of sp³-hybridized carbons (Fsp3) is 0.200. The first-order valence-electron chi connectivity index (χ1n) is 6.03. The number of rotatable bonds is 2. The number of benzene rings is 1. The molecule has 0 fully saturated rings. The second kappa shape index (κ2) is 6.31. The Morgan fingerprint density at radius 1 is 1.35 bits per heavy atom. The van der Waals surface area contributed by atoms with Crippen molar-refractivity contribution in [2.75, 3.05) is 6.54 Å². The van der Waals surface area contributed by atoms with Gasteiger partial charge in [0.05, 0.1) is 17.2 Å². The van der Waals surface area contributed by atoms with Crippen LogP contribution in [0.25, 0.3) is 0 Å². The van der Waals surface area contributed by atoms with Crippen molar-refractivity contribution in [3.8, 4) is 11.8 Å². The average Bonchev–Trinajstić information content (AvgIpc) is 2.75. The zero-order valence-corrected chi connectivity index (χ0v) is 12.0. The molecule has 1 heterocycles. The lowest BCUT2D eigenvalue weighted by Crippen LogP contribution is -2.23. The van der Waals surface area contributed by atoms with Gasteiger partial charge in [0.15, 0.2) is 0 Å². The standard InChI is InChI=1S/C15H13FN2OS/c1-10-14(20-11(2)18-10)15(19)17-9-3-4-12-5-7-13(16)8-6-12/h5-8H,9H2,1-2H3,(H,17,19). The first-order chi connectivity index (χ1) is 9.56. The highest BCUT2D eigenvalue weighted by atomic mass is 32.1. The predicted molar refractivity (Wildman–Crippen MR) is 77.2 cm³/mol. The lowest BCUT2D eigenvalue weighted by molar-refractivity contribution is 0.0962. The molecule has 1 N–H and O–H groups in total. The predicted octanol–water partition coefficient (Wildman–Crippen LogP) is 2.68. The maximum atomic E-state index is 12.7. The van der Waals surface area contributed by atoms with E-state index >= 15 is 0 Å². The van der Waals surface area contributed by atoms with Crippen LogP contribution in [-0.2, 0) is 0 Å². The fourth-order valence-electron chi connectivity index (χ4n) is 1.63. The topological polar surface area (TPSA) is 42.0 Å². The third-order valence-electron chi connectivity index (χ3n) is 2.52. The van der Waals surface area contributed by atoms with Crippen LogP contribution in [0.3, 0.4) is 0 Å². The summed E-state index contributed by atoms with van der Waals surface area (Å²) in [6.07, 6.45) is 0. The quantitative estimate of drug-likeness (QED) is 0.863. The number of nitrogens with zero attached hydrogens (tertiary/aromatic N) is 1. The number of thiazole rings is 1. The lowest BCUT2D eigenvalue weighted by atomic mass is 10.2. The molecule has 0 aliphatic rings. The van der Waals surface area contributed by atoms with Gasteiger partial charge in [0.2, 0.25) is 0 Å². The summed E-state index contributed by atoms with van der Waals surface area (Å²) in [7, 11) is 0. The Morgan fingerprint density at radius 3 is 2.65 bits per heavy atom. The van der Waals surface area contributed by atoms with E-state index in [-0.39, 0.29) is 18.3 Å². The van der Waals surface area contributed by atoms with Gasteiger partial charge in [0, 0.05) is 5.56 Å². The molecule has 0 bridgehead atoms. The minimum absolute atomic E-state index is 0.165. The highest BCUT2D eigenvalue weighted by Crippen LogP contribution is 2.16. The molecule has 0 saturated heterocycles. The molecule has 20 heavy (non-hydrogen) atoms. The van der Waals surface area contributed by atoms with E-state index in [0.29, 0.717) is 10.4 Å². The smallest absolute Gasteiger partial charge is 0.264 e. The SMILES string of the molecule is Cc1nc(C)c(C(=O)NCC#Cc2ccc(F)cc2)s1. The van der Waals surface area contributed by atoms with Gasteiger partial charge in [-0.3, -0.25) is 4.79 Å². The highest BCUT2D eigenvalue weighted by molar-refractivity contribution is 7.13. The fourth-order valence-corrected chi connectivity index (χ4v) is 2.46. The number of nitrogens with one attached hydrogen (secondary N) is 1. The molecule has 1 amide bonds. The van der Waals surface area contributed by atoms with Gasteiger partial charge >= 0.3 is 0 Å². The van der Waals surface area contributed by atoms with Crippen LogP contribution < -0.4 is 5.32 Å². The van der Waals surface area contributed by atoms with Crippen molar-refractivity contribution in [3.05, 3.63) is 51.2 Å². The number of halogens is 1. The zero-order chi connectivity index (χ0) is 14.5. The molecule has 5 heteroatoms. The van der Waals surface area contributed by atoms with Crippen LogP contribution in [0.15, 0.2) is 24.3 Å². The van der Waals surface area contributed by atoms with E-state index < -0.39 is 0 Å². The maximum absolute atomic E-state index is 12.7. The van der Waals surface area contributed by atoms with E-state index in [9.17, 15) is 9.18 Å². The first-order valence-corrected chi connectivity index (χ1v) is 6.84. The molecule has 2 rings (SSSR count). The third kappa shape index (κ3) is 3.65. The zero-order valence-electron chi connectivity index (χ0n) is 11.2. The van der Waals surface area contributed by atoms with Crippen LogP contribution >= 0.6 is 11.3 Å². The maximum Gasteiger partial charge on any atom is 0.264 e. The van der Waals surface area contributed by atoms with Gasteiger partial charge in [-0.2, -0.15) is 0 Å². The van der Waals surface area contributed by atoms with Crippen molar-refractivity contribution >= 4 is 17.2 Å².